The summed E-state index contributed by atoms with van der Waals surface area (Å²) in [6.07, 6.45) is 0.0136. The SMILES string of the molecule is O=S([O-])Cc1ccc(CN(Cc2cccc(CCS(=O)(=O)c3cc(Cl)cc(Cl)c3O)c2)S(=O)(=O)c2cc(Cl)cc(Cl)c2O)cc1. The molecule has 0 aliphatic rings. The smallest absolute Gasteiger partial charge is 0.247 e. The summed E-state index contributed by atoms with van der Waals surface area (Å²) in [5.74, 6) is -1.89. The Morgan fingerprint density at radius 1 is 0.689 bits per heavy atom. The summed E-state index contributed by atoms with van der Waals surface area (Å²) in [6, 6.07) is 17.5. The maximum atomic E-state index is 13.9. The minimum Gasteiger partial charge on any atom is -0.772 e. The molecule has 1 unspecified atom stereocenters. The quantitative estimate of drug-likeness (QED) is 0.156. The van der Waals surface area contributed by atoms with E-state index in [1.807, 2.05) is 0 Å². The van der Waals surface area contributed by atoms with Gasteiger partial charge in [-0.15, -0.1) is 0 Å². The number of nitrogens with zero attached hydrogens (tertiary/aromatic N) is 1. The van der Waals surface area contributed by atoms with Crippen LogP contribution in [0, 0.1) is 0 Å². The highest BCUT2D eigenvalue weighted by atomic mass is 35.5. The van der Waals surface area contributed by atoms with Gasteiger partial charge >= 0.3 is 0 Å². The summed E-state index contributed by atoms with van der Waals surface area (Å²) < 4.78 is 77.0. The van der Waals surface area contributed by atoms with E-state index in [0.29, 0.717) is 22.3 Å². The van der Waals surface area contributed by atoms with Gasteiger partial charge in [0.1, 0.15) is 9.79 Å². The fourth-order valence-corrected chi connectivity index (χ4v) is 9.09. The molecule has 0 fully saturated rings. The van der Waals surface area contributed by atoms with E-state index in [9.17, 15) is 35.8 Å². The van der Waals surface area contributed by atoms with Crippen molar-refractivity contribution in [3.63, 3.8) is 0 Å². The third-order valence-corrected chi connectivity index (χ3v) is 11.7. The monoisotopic (exact) mass is 750 g/mol. The first kappa shape index (κ1) is 35.5. The van der Waals surface area contributed by atoms with Crippen molar-refractivity contribution in [3.8, 4) is 11.5 Å². The lowest BCUT2D eigenvalue weighted by Gasteiger charge is -2.24. The molecule has 16 heteroatoms. The molecule has 0 spiro atoms. The molecule has 240 valence electrons. The molecule has 0 aromatic heterocycles. The van der Waals surface area contributed by atoms with Crippen LogP contribution in [0.3, 0.4) is 0 Å². The van der Waals surface area contributed by atoms with Crippen molar-refractivity contribution in [2.24, 2.45) is 0 Å². The molecule has 4 aromatic rings. The highest BCUT2D eigenvalue weighted by Gasteiger charge is 2.30. The predicted octanol–water partition coefficient (Wildman–Crippen LogP) is 6.50. The summed E-state index contributed by atoms with van der Waals surface area (Å²) in [6.45, 7) is -0.385. The molecule has 0 radical (unpaired) electrons. The van der Waals surface area contributed by atoms with Crippen molar-refractivity contribution in [3.05, 3.63) is 115 Å². The highest BCUT2D eigenvalue weighted by molar-refractivity contribution is 7.91. The number of halogens is 4. The second kappa shape index (κ2) is 14.6. The Bertz CT molecular complexity index is 1970. The van der Waals surface area contributed by atoms with E-state index in [4.69, 9.17) is 46.4 Å². The van der Waals surface area contributed by atoms with Crippen molar-refractivity contribution in [2.75, 3.05) is 5.75 Å². The van der Waals surface area contributed by atoms with Crippen LogP contribution in [-0.2, 0) is 56.2 Å². The van der Waals surface area contributed by atoms with Crippen LogP contribution in [0.5, 0.6) is 11.5 Å². The molecule has 2 N–H and O–H groups in total. The number of rotatable bonds is 12. The number of aryl methyl sites for hydroxylation is 1. The van der Waals surface area contributed by atoms with Crippen LogP contribution in [0.2, 0.25) is 20.1 Å². The molecular weight excluding hydrogens is 728 g/mol. The van der Waals surface area contributed by atoms with Gasteiger partial charge in [-0.25, -0.2) is 16.8 Å². The Morgan fingerprint density at radius 2 is 1.20 bits per heavy atom. The van der Waals surface area contributed by atoms with E-state index >= 15 is 0 Å². The molecule has 0 saturated heterocycles. The van der Waals surface area contributed by atoms with Gasteiger partial charge in [0.2, 0.25) is 10.0 Å². The van der Waals surface area contributed by atoms with Gasteiger partial charge in [0.15, 0.2) is 21.3 Å². The van der Waals surface area contributed by atoms with E-state index in [2.05, 4.69) is 0 Å². The van der Waals surface area contributed by atoms with Crippen LogP contribution in [0.15, 0.2) is 82.6 Å². The van der Waals surface area contributed by atoms with E-state index in [1.165, 1.54) is 12.1 Å². The van der Waals surface area contributed by atoms with Gasteiger partial charge in [0, 0.05) is 28.9 Å². The van der Waals surface area contributed by atoms with Gasteiger partial charge in [0.25, 0.3) is 0 Å². The van der Waals surface area contributed by atoms with Gasteiger partial charge in [-0.3, -0.25) is 4.21 Å². The number of phenols is 2. The zero-order valence-electron chi connectivity index (χ0n) is 23.0. The molecule has 4 rings (SSSR count). The maximum absolute atomic E-state index is 13.9. The standard InChI is InChI=1S/C29H25Cl4NO8S3/c30-22-11-24(32)28(35)26(13-22)44(39,40)9-8-18-2-1-3-21(10-18)16-34(15-19-4-6-20(7-5-19)17-43(37)38)45(41,42)27-14-23(31)12-25(33)29(27)36/h1-7,10-14,35-36H,8-9,15-17H2,(H,37,38)/p-1. The lowest BCUT2D eigenvalue weighted by Crippen LogP contribution is -2.30. The van der Waals surface area contributed by atoms with Crippen LogP contribution >= 0.6 is 46.4 Å². The number of sulfonamides is 1. The summed E-state index contributed by atoms with van der Waals surface area (Å²) in [5, 5.41) is 20.3. The molecule has 0 saturated carbocycles. The zero-order valence-corrected chi connectivity index (χ0v) is 28.5. The number of phenolic OH excluding ortho intramolecular Hbond substituents is 2. The summed E-state index contributed by atoms with van der Waals surface area (Å²) in [7, 11) is -8.44. The van der Waals surface area contributed by atoms with Crippen LogP contribution in [0.1, 0.15) is 22.3 Å². The number of hydrogen-bond acceptors (Lipinski definition) is 8. The first-order valence-electron chi connectivity index (χ1n) is 12.9. The second-order valence-corrected chi connectivity index (χ2v) is 16.5. The zero-order chi connectivity index (χ0) is 33.1. The van der Waals surface area contributed by atoms with Crippen LogP contribution in [-0.4, -0.2) is 45.9 Å². The molecule has 9 nitrogen and oxygen atoms in total. The number of hydrogen-bond donors (Lipinski definition) is 2. The minimum absolute atomic E-state index is 0.0125. The largest absolute Gasteiger partial charge is 0.772 e. The average Bonchev–Trinajstić information content (AvgIpc) is 2.96. The molecule has 0 heterocycles. The predicted molar refractivity (Wildman–Crippen MR) is 174 cm³/mol. The first-order valence-corrected chi connectivity index (χ1v) is 18.7. The Morgan fingerprint density at radius 3 is 1.80 bits per heavy atom. The Balaban J connectivity index is 1.64. The maximum Gasteiger partial charge on any atom is 0.247 e. The van der Waals surface area contributed by atoms with E-state index in [0.717, 1.165) is 16.4 Å². The van der Waals surface area contributed by atoms with Crippen LogP contribution in [0.4, 0.5) is 0 Å². The molecule has 0 amide bonds. The normalized spacial score (nSPS) is 12.8. The lowest BCUT2D eigenvalue weighted by molar-refractivity contribution is 0.394. The van der Waals surface area contributed by atoms with Crippen molar-refractivity contribution in [1.29, 1.82) is 0 Å². The molecule has 0 aliphatic carbocycles. The second-order valence-electron chi connectivity index (χ2n) is 9.90. The lowest BCUT2D eigenvalue weighted by atomic mass is 10.1. The third kappa shape index (κ3) is 8.91. The van der Waals surface area contributed by atoms with Gasteiger partial charge in [-0.1, -0.05) is 106 Å². The molecule has 0 aliphatic heterocycles. The van der Waals surface area contributed by atoms with Crippen molar-refractivity contribution >= 4 is 77.3 Å². The van der Waals surface area contributed by atoms with E-state index in [-0.39, 0.29) is 45.4 Å². The highest BCUT2D eigenvalue weighted by Crippen LogP contribution is 2.37. The Kier molecular flexibility index (Phi) is 11.5. The molecule has 0 bridgehead atoms. The Labute approximate surface area is 283 Å². The van der Waals surface area contributed by atoms with E-state index in [1.54, 1.807) is 48.5 Å². The van der Waals surface area contributed by atoms with Crippen LogP contribution < -0.4 is 0 Å². The number of aromatic hydroxyl groups is 2. The van der Waals surface area contributed by atoms with Gasteiger partial charge in [-0.05, 0) is 52.9 Å². The van der Waals surface area contributed by atoms with Gasteiger partial charge in [0.05, 0.1) is 15.8 Å². The number of benzene rings is 4. The third-order valence-electron chi connectivity index (χ3n) is 6.62. The molecule has 45 heavy (non-hydrogen) atoms. The van der Waals surface area contributed by atoms with Crippen molar-refractivity contribution in [1.82, 2.24) is 4.31 Å². The van der Waals surface area contributed by atoms with Crippen molar-refractivity contribution in [2.45, 2.75) is 35.1 Å². The van der Waals surface area contributed by atoms with Gasteiger partial charge in [-0.2, -0.15) is 4.31 Å². The fourth-order valence-electron chi connectivity index (χ4n) is 4.41. The molecule has 1 atom stereocenters. The average molecular weight is 753 g/mol. The topological polar surface area (TPSA) is 152 Å². The van der Waals surface area contributed by atoms with Crippen LogP contribution in [0.25, 0.3) is 0 Å². The van der Waals surface area contributed by atoms with Gasteiger partial charge < -0.3 is 14.8 Å². The summed E-state index contributed by atoms with van der Waals surface area (Å²) in [4.78, 5) is -0.915. The van der Waals surface area contributed by atoms with E-state index < -0.39 is 58.0 Å². The summed E-state index contributed by atoms with van der Waals surface area (Å²) in [5.41, 5.74) is 2.09. The molecule has 4 aromatic carbocycles. The fraction of sp³-hybridized carbons (Fsp3) is 0.172. The number of sulfone groups is 1. The minimum atomic E-state index is -4.43. The Hall–Kier alpha value is -2.39. The summed E-state index contributed by atoms with van der Waals surface area (Å²) >= 11 is 21.6. The van der Waals surface area contributed by atoms with Crippen molar-refractivity contribution < 1.29 is 35.8 Å². The molecular formula is C29H24Cl4NO8S3-. The first-order chi connectivity index (χ1) is 21.1.